The molecule has 19 heavy (non-hydrogen) atoms. The van der Waals surface area contributed by atoms with Gasteiger partial charge in [-0.2, -0.15) is 0 Å². The smallest absolute Gasteiger partial charge is 0.321 e. The summed E-state index contributed by atoms with van der Waals surface area (Å²) < 4.78 is 0. The normalized spacial score (nSPS) is 10.1. The second kappa shape index (κ2) is 7.56. The summed E-state index contributed by atoms with van der Waals surface area (Å²) in [6, 6.07) is 6.86. The Hall–Kier alpha value is -1.84. The molecule has 0 unspecified atom stereocenters. The molecule has 0 bridgehead atoms. The lowest BCUT2D eigenvalue weighted by Gasteiger charge is -2.21. The first kappa shape index (κ1) is 15.2. The van der Waals surface area contributed by atoms with E-state index in [1.54, 1.807) is 29.2 Å². The zero-order valence-electron chi connectivity index (χ0n) is 11.9. The van der Waals surface area contributed by atoms with Crippen molar-refractivity contribution in [3.8, 4) is 0 Å². The summed E-state index contributed by atoms with van der Waals surface area (Å²) in [4.78, 5) is 25.0. The van der Waals surface area contributed by atoms with Crippen LogP contribution in [-0.4, -0.2) is 29.8 Å². The average molecular weight is 262 g/mol. The van der Waals surface area contributed by atoms with Crippen LogP contribution in [-0.2, 0) is 0 Å². The number of Topliss-reactive ketones (excluding diaryl/α,β-unsaturated/α-hetero) is 1. The number of amides is 2. The van der Waals surface area contributed by atoms with Gasteiger partial charge in [-0.1, -0.05) is 13.3 Å². The Bertz CT molecular complexity index is 426. The second-order valence-corrected chi connectivity index (χ2v) is 4.50. The quantitative estimate of drug-likeness (QED) is 0.797. The standard InChI is InChI=1S/C15H22N2O2/c1-4-6-11-17(5-2)15(19)16-14-9-7-13(8-10-14)12(3)18/h7-10H,4-6,11H2,1-3H3,(H,16,19). The highest BCUT2D eigenvalue weighted by Gasteiger charge is 2.10. The van der Waals surface area contributed by atoms with Crippen molar-refractivity contribution in [1.29, 1.82) is 0 Å². The van der Waals surface area contributed by atoms with Crippen molar-refractivity contribution >= 4 is 17.5 Å². The van der Waals surface area contributed by atoms with Gasteiger partial charge in [0.05, 0.1) is 0 Å². The Kier molecular flexibility index (Phi) is 6.06. The third kappa shape index (κ3) is 4.73. The molecule has 2 amide bonds. The van der Waals surface area contributed by atoms with Crippen LogP contribution in [0.1, 0.15) is 44.0 Å². The molecule has 0 atom stereocenters. The van der Waals surface area contributed by atoms with E-state index in [4.69, 9.17) is 0 Å². The van der Waals surface area contributed by atoms with E-state index in [0.717, 1.165) is 19.4 Å². The molecule has 0 aliphatic carbocycles. The van der Waals surface area contributed by atoms with E-state index in [1.165, 1.54) is 6.92 Å². The Labute approximate surface area is 114 Å². The fourth-order valence-electron chi connectivity index (χ4n) is 1.74. The van der Waals surface area contributed by atoms with Gasteiger partial charge in [0.15, 0.2) is 5.78 Å². The maximum Gasteiger partial charge on any atom is 0.321 e. The fourth-order valence-corrected chi connectivity index (χ4v) is 1.74. The number of benzene rings is 1. The molecule has 0 aromatic heterocycles. The molecule has 0 heterocycles. The van der Waals surface area contributed by atoms with Gasteiger partial charge in [-0.05, 0) is 44.5 Å². The van der Waals surface area contributed by atoms with Crippen molar-refractivity contribution < 1.29 is 9.59 Å². The summed E-state index contributed by atoms with van der Waals surface area (Å²) in [5.74, 6) is 0.0241. The van der Waals surface area contributed by atoms with Gasteiger partial charge in [-0.15, -0.1) is 0 Å². The highest BCUT2D eigenvalue weighted by atomic mass is 16.2. The van der Waals surface area contributed by atoms with Crippen molar-refractivity contribution in [2.24, 2.45) is 0 Å². The number of carbonyl (C=O) groups is 2. The SMILES string of the molecule is CCCCN(CC)C(=O)Nc1ccc(C(C)=O)cc1. The van der Waals surface area contributed by atoms with Crippen LogP contribution in [0.5, 0.6) is 0 Å². The number of anilines is 1. The number of hydrogen-bond donors (Lipinski definition) is 1. The van der Waals surface area contributed by atoms with Crippen LogP contribution < -0.4 is 5.32 Å². The second-order valence-electron chi connectivity index (χ2n) is 4.50. The van der Waals surface area contributed by atoms with Gasteiger partial charge in [0, 0.05) is 24.3 Å². The zero-order chi connectivity index (χ0) is 14.3. The molecule has 1 N–H and O–H groups in total. The lowest BCUT2D eigenvalue weighted by atomic mass is 10.1. The molecule has 4 nitrogen and oxygen atoms in total. The first-order chi connectivity index (χ1) is 9.08. The molecule has 0 aliphatic heterocycles. The van der Waals surface area contributed by atoms with E-state index >= 15 is 0 Å². The van der Waals surface area contributed by atoms with Crippen LogP contribution in [0, 0.1) is 0 Å². The molecule has 1 aromatic rings. The Morgan fingerprint density at radius 3 is 2.26 bits per heavy atom. The Morgan fingerprint density at radius 2 is 1.79 bits per heavy atom. The van der Waals surface area contributed by atoms with Crippen LogP contribution in [0.15, 0.2) is 24.3 Å². The van der Waals surface area contributed by atoms with Crippen molar-refractivity contribution in [1.82, 2.24) is 4.90 Å². The molecule has 4 heteroatoms. The monoisotopic (exact) mass is 262 g/mol. The Balaban J connectivity index is 2.62. The van der Waals surface area contributed by atoms with Crippen molar-refractivity contribution in [3.63, 3.8) is 0 Å². The summed E-state index contributed by atoms with van der Waals surface area (Å²) in [7, 11) is 0. The number of rotatable bonds is 6. The highest BCUT2D eigenvalue weighted by Crippen LogP contribution is 2.11. The van der Waals surface area contributed by atoms with Gasteiger partial charge >= 0.3 is 6.03 Å². The van der Waals surface area contributed by atoms with E-state index in [9.17, 15) is 9.59 Å². The molecule has 0 spiro atoms. The number of nitrogens with zero attached hydrogens (tertiary/aromatic N) is 1. The van der Waals surface area contributed by atoms with Gasteiger partial charge in [0.25, 0.3) is 0 Å². The maximum atomic E-state index is 12.0. The fraction of sp³-hybridized carbons (Fsp3) is 0.467. The lowest BCUT2D eigenvalue weighted by molar-refractivity contribution is 0.101. The minimum atomic E-state index is -0.0912. The van der Waals surface area contributed by atoms with Crippen LogP contribution >= 0.6 is 0 Å². The molecular formula is C15H22N2O2. The van der Waals surface area contributed by atoms with Crippen molar-refractivity contribution in [2.45, 2.75) is 33.6 Å². The molecule has 1 aromatic carbocycles. The zero-order valence-corrected chi connectivity index (χ0v) is 11.9. The molecular weight excluding hydrogens is 240 g/mol. The van der Waals surface area contributed by atoms with E-state index in [2.05, 4.69) is 12.2 Å². The van der Waals surface area contributed by atoms with Crippen LogP contribution in [0.3, 0.4) is 0 Å². The van der Waals surface area contributed by atoms with E-state index in [1.807, 2.05) is 6.92 Å². The molecule has 0 saturated carbocycles. The number of urea groups is 1. The number of unbranched alkanes of at least 4 members (excludes halogenated alkanes) is 1. The van der Waals surface area contributed by atoms with Crippen LogP contribution in [0.2, 0.25) is 0 Å². The van der Waals surface area contributed by atoms with Gasteiger partial charge in [0.2, 0.25) is 0 Å². The molecule has 0 aliphatic rings. The van der Waals surface area contributed by atoms with Crippen LogP contribution in [0.4, 0.5) is 10.5 Å². The minimum Gasteiger partial charge on any atom is -0.325 e. The molecule has 0 fully saturated rings. The minimum absolute atomic E-state index is 0.0241. The number of nitrogens with one attached hydrogen (secondary N) is 1. The van der Waals surface area contributed by atoms with E-state index < -0.39 is 0 Å². The van der Waals surface area contributed by atoms with Gasteiger partial charge in [-0.25, -0.2) is 4.79 Å². The molecule has 1 rings (SSSR count). The number of ketones is 1. The van der Waals surface area contributed by atoms with Crippen LogP contribution in [0.25, 0.3) is 0 Å². The summed E-state index contributed by atoms with van der Waals surface area (Å²) in [6.45, 7) is 7.05. The number of carbonyl (C=O) groups excluding carboxylic acids is 2. The predicted octanol–water partition coefficient (Wildman–Crippen LogP) is 3.54. The van der Waals surface area contributed by atoms with Crippen molar-refractivity contribution in [3.05, 3.63) is 29.8 Å². The summed E-state index contributed by atoms with van der Waals surface area (Å²) in [6.07, 6.45) is 2.07. The highest BCUT2D eigenvalue weighted by molar-refractivity contribution is 5.95. The average Bonchev–Trinajstić information content (AvgIpc) is 2.40. The van der Waals surface area contributed by atoms with E-state index in [-0.39, 0.29) is 11.8 Å². The maximum absolute atomic E-state index is 12.0. The largest absolute Gasteiger partial charge is 0.325 e. The molecule has 0 saturated heterocycles. The first-order valence-corrected chi connectivity index (χ1v) is 6.75. The third-order valence-electron chi connectivity index (χ3n) is 2.99. The molecule has 104 valence electrons. The summed E-state index contributed by atoms with van der Waals surface area (Å²) in [5, 5.41) is 2.84. The topological polar surface area (TPSA) is 49.4 Å². The van der Waals surface area contributed by atoms with Gasteiger partial charge in [0.1, 0.15) is 0 Å². The first-order valence-electron chi connectivity index (χ1n) is 6.75. The summed E-state index contributed by atoms with van der Waals surface area (Å²) >= 11 is 0. The van der Waals surface area contributed by atoms with Crippen molar-refractivity contribution in [2.75, 3.05) is 18.4 Å². The lowest BCUT2D eigenvalue weighted by Crippen LogP contribution is -2.35. The van der Waals surface area contributed by atoms with Gasteiger partial charge < -0.3 is 10.2 Å². The number of hydrogen-bond acceptors (Lipinski definition) is 2. The Morgan fingerprint density at radius 1 is 1.16 bits per heavy atom. The predicted molar refractivity (Wildman–Crippen MR) is 77.6 cm³/mol. The van der Waals surface area contributed by atoms with Gasteiger partial charge in [-0.3, -0.25) is 4.79 Å². The molecule has 0 radical (unpaired) electrons. The summed E-state index contributed by atoms with van der Waals surface area (Å²) in [5.41, 5.74) is 1.36. The third-order valence-corrected chi connectivity index (χ3v) is 2.99. The van der Waals surface area contributed by atoms with E-state index in [0.29, 0.717) is 17.8 Å².